The molecule has 0 radical (unpaired) electrons. The quantitative estimate of drug-likeness (QED) is 0.339. The lowest BCUT2D eigenvalue weighted by Crippen LogP contribution is -2.51. The van der Waals surface area contributed by atoms with Gasteiger partial charge in [-0.3, -0.25) is 4.79 Å². The third kappa shape index (κ3) is 3.47. The lowest BCUT2D eigenvalue weighted by atomic mass is 9.61. The summed E-state index contributed by atoms with van der Waals surface area (Å²) < 4.78 is 30.4. The van der Waals surface area contributed by atoms with Crippen molar-refractivity contribution in [1.82, 2.24) is 19.5 Å². The molecule has 3 saturated carbocycles. The number of aromatic amines is 1. The molecule has 35 heavy (non-hydrogen) atoms. The minimum atomic E-state index is -0.773. The highest BCUT2D eigenvalue weighted by Crippen LogP contribution is 2.47. The third-order valence-corrected chi connectivity index (χ3v) is 7.88. The van der Waals surface area contributed by atoms with Crippen molar-refractivity contribution in [2.24, 2.45) is 17.8 Å². The van der Waals surface area contributed by atoms with Crippen molar-refractivity contribution in [1.29, 1.82) is 0 Å². The maximum absolute atomic E-state index is 14.4. The molecule has 3 fully saturated rings. The summed E-state index contributed by atoms with van der Waals surface area (Å²) >= 11 is 0. The standard InChI is InChI=1S/C26H27F2N5O2/c1-12(2)33-8-7-16-23(30-21-14-5-3-13(4-6-14)20(21)26(34)35)31-24(32-25(16)33)18-11-29-22-17(18)9-15(27)10-19(22)28/h7-14,20-21,29H,3-6H2,1-2H3,(H,34,35)(H,30,31,32)/t13?,14?,20-,21?/m1/s1. The molecular weight excluding hydrogens is 452 g/mol. The summed E-state index contributed by atoms with van der Waals surface area (Å²) in [5, 5.41) is 14.7. The van der Waals surface area contributed by atoms with E-state index in [9.17, 15) is 18.7 Å². The highest BCUT2D eigenvalue weighted by molar-refractivity contribution is 5.97. The van der Waals surface area contributed by atoms with Gasteiger partial charge >= 0.3 is 5.97 Å². The van der Waals surface area contributed by atoms with Gasteiger partial charge in [-0.1, -0.05) is 0 Å². The first-order valence-corrected chi connectivity index (χ1v) is 12.2. The van der Waals surface area contributed by atoms with Gasteiger partial charge in [0.1, 0.15) is 23.1 Å². The zero-order valence-electron chi connectivity index (χ0n) is 19.6. The number of nitrogens with one attached hydrogen (secondary N) is 2. The zero-order valence-corrected chi connectivity index (χ0v) is 19.6. The predicted molar refractivity (Wildman–Crippen MR) is 129 cm³/mol. The van der Waals surface area contributed by atoms with E-state index >= 15 is 0 Å². The molecule has 3 aliphatic rings. The van der Waals surface area contributed by atoms with Gasteiger partial charge in [0.15, 0.2) is 5.82 Å². The molecule has 2 atom stereocenters. The van der Waals surface area contributed by atoms with Crippen molar-refractivity contribution < 1.29 is 18.7 Å². The van der Waals surface area contributed by atoms with E-state index in [1.54, 1.807) is 6.20 Å². The van der Waals surface area contributed by atoms with E-state index in [4.69, 9.17) is 9.97 Å². The number of aliphatic carboxylic acids is 1. The molecular formula is C26H27F2N5O2. The van der Waals surface area contributed by atoms with Crippen LogP contribution in [0.2, 0.25) is 0 Å². The Morgan fingerprint density at radius 1 is 1.14 bits per heavy atom. The largest absolute Gasteiger partial charge is 0.481 e. The first-order chi connectivity index (χ1) is 16.8. The number of H-pyrrole nitrogens is 1. The van der Waals surface area contributed by atoms with Crippen LogP contribution in [0.5, 0.6) is 0 Å². The molecule has 9 heteroatoms. The number of anilines is 1. The van der Waals surface area contributed by atoms with Crippen LogP contribution in [-0.2, 0) is 4.79 Å². The molecule has 0 aliphatic heterocycles. The second-order valence-corrected chi connectivity index (χ2v) is 10.2. The number of aromatic nitrogens is 4. The molecule has 0 spiro atoms. The van der Waals surface area contributed by atoms with Crippen LogP contribution < -0.4 is 5.32 Å². The molecule has 7 nitrogen and oxygen atoms in total. The minimum absolute atomic E-state index is 0.124. The summed E-state index contributed by atoms with van der Waals surface area (Å²) in [7, 11) is 0. The second-order valence-electron chi connectivity index (χ2n) is 10.2. The van der Waals surface area contributed by atoms with Crippen molar-refractivity contribution in [3.63, 3.8) is 0 Å². The molecule has 182 valence electrons. The Bertz CT molecular complexity index is 1450. The molecule has 3 aliphatic carbocycles. The van der Waals surface area contributed by atoms with E-state index in [0.717, 1.165) is 37.1 Å². The summed E-state index contributed by atoms with van der Waals surface area (Å²) in [6, 6.07) is 3.94. The number of rotatable bonds is 5. The summed E-state index contributed by atoms with van der Waals surface area (Å²) in [5.41, 5.74) is 1.36. The highest BCUT2D eigenvalue weighted by atomic mass is 19.1. The fraction of sp³-hybridized carbons (Fsp3) is 0.423. The smallest absolute Gasteiger partial charge is 0.308 e. The van der Waals surface area contributed by atoms with Crippen molar-refractivity contribution in [2.45, 2.75) is 51.6 Å². The van der Waals surface area contributed by atoms with Crippen LogP contribution in [0.4, 0.5) is 14.6 Å². The van der Waals surface area contributed by atoms with Crippen molar-refractivity contribution >= 4 is 33.7 Å². The average Bonchev–Trinajstić information content (AvgIpc) is 3.44. The summed E-state index contributed by atoms with van der Waals surface area (Å²) in [6.45, 7) is 4.09. The van der Waals surface area contributed by atoms with Crippen molar-refractivity contribution in [2.75, 3.05) is 5.32 Å². The zero-order chi connectivity index (χ0) is 24.4. The van der Waals surface area contributed by atoms with Crippen LogP contribution in [0, 0.1) is 29.4 Å². The van der Waals surface area contributed by atoms with Gasteiger partial charge in [-0.25, -0.2) is 18.7 Å². The van der Waals surface area contributed by atoms with Gasteiger partial charge in [-0.15, -0.1) is 0 Å². The van der Waals surface area contributed by atoms with Gasteiger partial charge in [0.05, 0.1) is 16.8 Å². The van der Waals surface area contributed by atoms with Crippen LogP contribution >= 0.6 is 0 Å². The third-order valence-electron chi connectivity index (χ3n) is 7.88. The Labute approximate surface area is 200 Å². The molecule has 4 aromatic rings. The van der Waals surface area contributed by atoms with E-state index < -0.39 is 23.5 Å². The fourth-order valence-electron chi connectivity index (χ4n) is 6.19. The number of carbonyl (C=O) groups is 1. The first-order valence-electron chi connectivity index (χ1n) is 12.2. The van der Waals surface area contributed by atoms with E-state index in [-0.39, 0.29) is 29.4 Å². The minimum Gasteiger partial charge on any atom is -0.481 e. The van der Waals surface area contributed by atoms with Crippen molar-refractivity contribution in [3.05, 3.63) is 42.2 Å². The maximum atomic E-state index is 14.4. The number of carboxylic acid groups (broad SMARTS) is 1. The van der Waals surface area contributed by atoms with Crippen LogP contribution in [0.15, 0.2) is 30.6 Å². The van der Waals surface area contributed by atoms with Crippen molar-refractivity contribution in [3.8, 4) is 11.4 Å². The lowest BCUT2D eigenvalue weighted by Gasteiger charge is -2.47. The molecule has 1 unspecified atom stereocenters. The summed E-state index contributed by atoms with van der Waals surface area (Å²) in [5.74, 6) is -1.31. The Morgan fingerprint density at radius 3 is 2.60 bits per heavy atom. The summed E-state index contributed by atoms with van der Waals surface area (Å²) in [4.78, 5) is 24.7. The number of hydrogen-bond donors (Lipinski definition) is 3. The topological polar surface area (TPSA) is 95.8 Å². The highest BCUT2D eigenvalue weighted by Gasteiger charge is 2.47. The molecule has 1 aromatic carbocycles. The molecule has 3 heterocycles. The normalized spacial score (nSPS) is 24.0. The molecule has 3 N–H and O–H groups in total. The monoisotopic (exact) mass is 479 g/mol. The number of benzene rings is 1. The lowest BCUT2D eigenvalue weighted by molar-refractivity contribution is -0.148. The first kappa shape index (κ1) is 22.0. The van der Waals surface area contributed by atoms with Gasteiger partial charge in [0.25, 0.3) is 0 Å². The fourth-order valence-corrected chi connectivity index (χ4v) is 6.19. The molecule has 3 aromatic heterocycles. The van der Waals surface area contributed by atoms with Gasteiger partial charge in [0, 0.05) is 41.5 Å². The molecule has 7 rings (SSSR count). The van der Waals surface area contributed by atoms with Gasteiger partial charge < -0.3 is 20.0 Å². The Kier molecular flexibility index (Phi) is 5.05. The van der Waals surface area contributed by atoms with Gasteiger partial charge in [0.2, 0.25) is 0 Å². The Balaban J connectivity index is 1.52. The number of nitrogens with zero attached hydrogens (tertiary/aromatic N) is 3. The molecule has 2 bridgehead atoms. The molecule has 0 amide bonds. The van der Waals surface area contributed by atoms with E-state index in [1.807, 2.05) is 30.7 Å². The predicted octanol–water partition coefficient (Wildman–Crippen LogP) is 5.74. The van der Waals surface area contributed by atoms with E-state index in [2.05, 4.69) is 10.3 Å². The maximum Gasteiger partial charge on any atom is 0.308 e. The van der Waals surface area contributed by atoms with E-state index in [0.29, 0.717) is 28.2 Å². The number of carboxylic acids is 1. The van der Waals surface area contributed by atoms with Gasteiger partial charge in [-0.05, 0) is 63.5 Å². The number of fused-ring (bicyclic) bond motifs is 5. The van der Waals surface area contributed by atoms with Crippen LogP contribution in [0.1, 0.15) is 45.6 Å². The second kappa shape index (κ2) is 8.03. The SMILES string of the molecule is CC(C)n1ccc2c(NC3C4CCC(CC4)[C@H]3C(=O)O)nc(-c3c[nH]c4c(F)cc(F)cc34)nc21. The Hall–Kier alpha value is -3.49. The van der Waals surface area contributed by atoms with Crippen LogP contribution in [-0.4, -0.2) is 36.6 Å². The Morgan fingerprint density at radius 2 is 1.89 bits per heavy atom. The number of halogens is 2. The van der Waals surface area contributed by atoms with E-state index in [1.165, 1.54) is 6.07 Å². The summed E-state index contributed by atoms with van der Waals surface area (Å²) in [6.07, 6.45) is 7.42. The van der Waals surface area contributed by atoms with Crippen LogP contribution in [0.3, 0.4) is 0 Å². The van der Waals surface area contributed by atoms with Gasteiger partial charge in [-0.2, -0.15) is 0 Å². The average molecular weight is 480 g/mol. The molecule has 0 saturated heterocycles. The number of hydrogen-bond acceptors (Lipinski definition) is 4. The van der Waals surface area contributed by atoms with Crippen LogP contribution in [0.25, 0.3) is 33.3 Å².